The number of nitrogens with one attached hydrogen (secondary N) is 1. The number of carbonyl (C=O) groups excluding carboxylic acids is 1. The first-order valence-electron chi connectivity index (χ1n) is 4.80. The minimum Gasteiger partial charge on any atom is -0.409 e. The first-order valence-corrected chi connectivity index (χ1v) is 4.80. The van der Waals surface area contributed by atoms with Gasteiger partial charge < -0.3 is 16.3 Å². The third-order valence-electron chi connectivity index (χ3n) is 2.11. The van der Waals surface area contributed by atoms with E-state index >= 15 is 0 Å². The van der Waals surface area contributed by atoms with Crippen molar-refractivity contribution < 1.29 is 10.0 Å². The van der Waals surface area contributed by atoms with E-state index < -0.39 is 0 Å². The number of nitrogens with zero attached hydrogens (tertiary/aromatic N) is 2. The number of rotatable bonds is 4. The molecule has 4 N–H and O–H groups in total. The topological polar surface area (TPSA) is 101 Å². The van der Waals surface area contributed by atoms with Crippen LogP contribution in [0.25, 0.3) is 0 Å². The molecule has 0 aliphatic heterocycles. The Hall–Kier alpha value is -2.11. The molecule has 1 atom stereocenters. The number of hydrogen-bond acceptors (Lipinski definition) is 4. The van der Waals surface area contributed by atoms with Crippen LogP contribution >= 0.6 is 0 Å². The van der Waals surface area contributed by atoms with Crippen LogP contribution in [0.5, 0.6) is 0 Å². The summed E-state index contributed by atoms with van der Waals surface area (Å²) in [7, 11) is 0. The van der Waals surface area contributed by atoms with Crippen molar-refractivity contribution in [3.63, 3.8) is 0 Å². The lowest BCUT2D eigenvalue weighted by Crippen LogP contribution is -2.34. The Morgan fingerprint density at radius 1 is 1.75 bits per heavy atom. The Balaban J connectivity index is 2.48. The van der Waals surface area contributed by atoms with Crippen molar-refractivity contribution in [1.82, 2.24) is 10.3 Å². The maximum atomic E-state index is 11.6. The number of carbonyl (C=O) groups is 1. The number of aromatic nitrogens is 1. The van der Waals surface area contributed by atoms with Crippen molar-refractivity contribution in [2.45, 2.75) is 6.92 Å². The van der Waals surface area contributed by atoms with E-state index in [1.807, 2.05) is 0 Å². The normalized spacial score (nSPS) is 13.2. The van der Waals surface area contributed by atoms with Crippen molar-refractivity contribution in [3.8, 4) is 0 Å². The van der Waals surface area contributed by atoms with Gasteiger partial charge in [-0.2, -0.15) is 0 Å². The molecule has 6 heteroatoms. The van der Waals surface area contributed by atoms with Crippen LogP contribution < -0.4 is 11.1 Å². The Labute approximate surface area is 93.2 Å². The van der Waals surface area contributed by atoms with Crippen molar-refractivity contribution in [2.24, 2.45) is 16.8 Å². The molecule has 0 radical (unpaired) electrons. The molecule has 0 spiro atoms. The molecule has 0 aliphatic rings. The van der Waals surface area contributed by atoms with Crippen molar-refractivity contribution in [2.75, 3.05) is 6.54 Å². The van der Waals surface area contributed by atoms with E-state index in [-0.39, 0.29) is 17.7 Å². The summed E-state index contributed by atoms with van der Waals surface area (Å²) in [6, 6.07) is 3.35. The lowest BCUT2D eigenvalue weighted by molar-refractivity contribution is 0.0950. The van der Waals surface area contributed by atoms with Crippen LogP contribution in [-0.4, -0.2) is 28.5 Å². The van der Waals surface area contributed by atoms with E-state index in [0.29, 0.717) is 12.1 Å². The summed E-state index contributed by atoms with van der Waals surface area (Å²) in [5, 5.41) is 14.0. The molecular formula is C10H14N4O2. The zero-order chi connectivity index (χ0) is 12.0. The van der Waals surface area contributed by atoms with Gasteiger partial charge >= 0.3 is 0 Å². The van der Waals surface area contributed by atoms with Gasteiger partial charge in [0.15, 0.2) is 0 Å². The molecule has 0 saturated carbocycles. The summed E-state index contributed by atoms with van der Waals surface area (Å²) in [6.45, 7) is 2.06. The van der Waals surface area contributed by atoms with E-state index in [4.69, 9.17) is 10.9 Å². The fraction of sp³-hybridized carbons (Fsp3) is 0.300. The van der Waals surface area contributed by atoms with Gasteiger partial charge in [0.25, 0.3) is 5.91 Å². The highest BCUT2D eigenvalue weighted by atomic mass is 16.4. The van der Waals surface area contributed by atoms with Gasteiger partial charge in [0.05, 0.1) is 5.56 Å². The van der Waals surface area contributed by atoms with Gasteiger partial charge in [-0.1, -0.05) is 12.1 Å². The summed E-state index contributed by atoms with van der Waals surface area (Å²) in [5.41, 5.74) is 5.86. The van der Waals surface area contributed by atoms with Gasteiger partial charge in [-0.25, -0.2) is 0 Å². The average molecular weight is 222 g/mol. The molecule has 6 nitrogen and oxygen atoms in total. The second-order valence-electron chi connectivity index (χ2n) is 3.38. The molecule has 1 heterocycles. The number of amidine groups is 1. The molecule has 1 amide bonds. The summed E-state index contributed by atoms with van der Waals surface area (Å²) < 4.78 is 0. The second kappa shape index (κ2) is 5.69. The second-order valence-corrected chi connectivity index (χ2v) is 3.38. The van der Waals surface area contributed by atoms with Crippen molar-refractivity contribution in [1.29, 1.82) is 0 Å². The smallest absolute Gasteiger partial charge is 0.252 e. The molecule has 0 fully saturated rings. The molecule has 1 aromatic heterocycles. The van der Waals surface area contributed by atoms with Gasteiger partial charge in [0, 0.05) is 24.9 Å². The van der Waals surface area contributed by atoms with Gasteiger partial charge in [-0.3, -0.25) is 9.78 Å². The summed E-state index contributed by atoms with van der Waals surface area (Å²) >= 11 is 0. The SMILES string of the molecule is CC(CNC(=O)c1cccnc1)C(N)=NO. The summed E-state index contributed by atoms with van der Waals surface area (Å²) in [4.78, 5) is 15.4. The van der Waals surface area contributed by atoms with Crippen LogP contribution in [0.15, 0.2) is 29.7 Å². The number of oxime groups is 1. The monoisotopic (exact) mass is 222 g/mol. The van der Waals surface area contributed by atoms with Crippen LogP contribution in [0.1, 0.15) is 17.3 Å². The lowest BCUT2D eigenvalue weighted by Gasteiger charge is -2.10. The van der Waals surface area contributed by atoms with E-state index in [9.17, 15) is 4.79 Å². The molecule has 0 saturated heterocycles. The van der Waals surface area contributed by atoms with Gasteiger partial charge in [0.2, 0.25) is 0 Å². The first kappa shape index (κ1) is 12.0. The van der Waals surface area contributed by atoms with Crippen molar-refractivity contribution >= 4 is 11.7 Å². The van der Waals surface area contributed by atoms with Gasteiger partial charge in [-0.05, 0) is 12.1 Å². The average Bonchev–Trinajstić information content (AvgIpc) is 2.35. The van der Waals surface area contributed by atoms with Crippen LogP contribution in [0.3, 0.4) is 0 Å². The molecular weight excluding hydrogens is 208 g/mol. The van der Waals surface area contributed by atoms with E-state index in [1.165, 1.54) is 6.20 Å². The Bertz CT molecular complexity index is 378. The predicted molar refractivity (Wildman–Crippen MR) is 59.1 cm³/mol. The summed E-state index contributed by atoms with van der Waals surface area (Å²) in [5.74, 6) is -0.359. The van der Waals surface area contributed by atoms with Crippen LogP contribution in [0.2, 0.25) is 0 Å². The van der Waals surface area contributed by atoms with E-state index in [1.54, 1.807) is 25.3 Å². The fourth-order valence-corrected chi connectivity index (χ4v) is 1.05. The minimum absolute atomic E-state index is 0.0893. The zero-order valence-electron chi connectivity index (χ0n) is 8.92. The highest BCUT2D eigenvalue weighted by Crippen LogP contribution is 1.97. The molecule has 1 rings (SSSR count). The Morgan fingerprint density at radius 2 is 2.50 bits per heavy atom. The predicted octanol–water partition coefficient (Wildman–Crippen LogP) is 0.194. The minimum atomic E-state index is -0.231. The third kappa shape index (κ3) is 3.23. The fourth-order valence-electron chi connectivity index (χ4n) is 1.05. The summed E-state index contributed by atoms with van der Waals surface area (Å²) in [6.07, 6.45) is 3.07. The maximum Gasteiger partial charge on any atom is 0.252 e. The maximum absolute atomic E-state index is 11.6. The lowest BCUT2D eigenvalue weighted by atomic mass is 10.1. The van der Waals surface area contributed by atoms with Crippen LogP contribution in [0, 0.1) is 5.92 Å². The molecule has 86 valence electrons. The van der Waals surface area contributed by atoms with Crippen LogP contribution in [0.4, 0.5) is 0 Å². The molecule has 0 aromatic carbocycles. The van der Waals surface area contributed by atoms with Crippen LogP contribution in [-0.2, 0) is 0 Å². The zero-order valence-corrected chi connectivity index (χ0v) is 8.92. The number of pyridine rings is 1. The first-order chi connectivity index (χ1) is 7.65. The largest absolute Gasteiger partial charge is 0.409 e. The molecule has 1 unspecified atom stereocenters. The van der Waals surface area contributed by atoms with Crippen molar-refractivity contribution in [3.05, 3.63) is 30.1 Å². The molecule has 1 aromatic rings. The van der Waals surface area contributed by atoms with Gasteiger partial charge in [0.1, 0.15) is 5.84 Å². The molecule has 16 heavy (non-hydrogen) atoms. The molecule has 0 aliphatic carbocycles. The third-order valence-corrected chi connectivity index (χ3v) is 2.11. The quantitative estimate of drug-likeness (QED) is 0.293. The highest BCUT2D eigenvalue weighted by Gasteiger charge is 2.10. The Morgan fingerprint density at radius 3 is 3.06 bits per heavy atom. The number of nitrogens with two attached hydrogens (primary N) is 1. The standard InChI is InChI=1S/C10H14N4O2/c1-7(9(11)14-16)5-13-10(15)8-3-2-4-12-6-8/h2-4,6-7,16H,5H2,1H3,(H2,11,14)(H,13,15). The molecule has 0 bridgehead atoms. The van der Waals surface area contributed by atoms with Gasteiger partial charge in [-0.15, -0.1) is 0 Å². The number of hydrogen-bond donors (Lipinski definition) is 3. The highest BCUT2D eigenvalue weighted by molar-refractivity contribution is 5.94. The number of amides is 1. The van der Waals surface area contributed by atoms with E-state index in [2.05, 4.69) is 15.5 Å². The van der Waals surface area contributed by atoms with E-state index in [0.717, 1.165) is 0 Å². The Kier molecular flexibility index (Phi) is 4.26.